The second-order valence-electron chi connectivity index (χ2n) is 5.19. The minimum absolute atomic E-state index is 0.116. The fourth-order valence-corrected chi connectivity index (χ4v) is 2.59. The lowest BCUT2D eigenvalue weighted by molar-refractivity contribution is 0.0261. The molecule has 1 amide bonds. The average molecular weight is 266 g/mol. The molecule has 106 valence electrons. The third kappa shape index (κ3) is 3.12. The molecule has 19 heavy (non-hydrogen) atoms. The first-order valence-corrected chi connectivity index (χ1v) is 7.00. The van der Waals surface area contributed by atoms with E-state index in [2.05, 4.69) is 22.1 Å². The lowest BCUT2D eigenvalue weighted by Crippen LogP contribution is -2.46. The zero-order valence-corrected chi connectivity index (χ0v) is 11.6. The third-order valence-corrected chi connectivity index (χ3v) is 3.72. The first kappa shape index (κ1) is 14.0. The minimum Gasteiger partial charge on any atom is -0.391 e. The van der Waals surface area contributed by atoms with Crippen LogP contribution in [-0.4, -0.2) is 50.3 Å². The molecular formula is C13H22N4O2. The van der Waals surface area contributed by atoms with Gasteiger partial charge in [-0.2, -0.15) is 0 Å². The summed E-state index contributed by atoms with van der Waals surface area (Å²) in [5.74, 6) is 0.719. The van der Waals surface area contributed by atoms with E-state index in [9.17, 15) is 9.90 Å². The molecule has 0 aromatic carbocycles. The summed E-state index contributed by atoms with van der Waals surface area (Å²) in [7, 11) is 1.72. The molecule has 2 rings (SSSR count). The van der Waals surface area contributed by atoms with E-state index in [-0.39, 0.29) is 17.8 Å². The average Bonchev–Trinajstić information content (AvgIpc) is 2.87. The highest BCUT2D eigenvalue weighted by atomic mass is 16.3. The number of aromatic nitrogens is 3. The lowest BCUT2D eigenvalue weighted by atomic mass is 9.91. The van der Waals surface area contributed by atoms with Gasteiger partial charge in [-0.05, 0) is 19.3 Å². The first-order chi connectivity index (χ1) is 9.13. The van der Waals surface area contributed by atoms with Gasteiger partial charge in [0.25, 0.3) is 5.91 Å². The van der Waals surface area contributed by atoms with Crippen LogP contribution < -0.4 is 0 Å². The van der Waals surface area contributed by atoms with Gasteiger partial charge >= 0.3 is 0 Å². The molecular weight excluding hydrogens is 244 g/mol. The number of nitrogens with one attached hydrogen (secondary N) is 1. The van der Waals surface area contributed by atoms with Crippen molar-refractivity contribution in [2.75, 3.05) is 7.05 Å². The number of carbonyl (C=O) groups is 1. The van der Waals surface area contributed by atoms with Crippen LogP contribution in [-0.2, 0) is 6.42 Å². The summed E-state index contributed by atoms with van der Waals surface area (Å²) in [5, 5.41) is 16.7. The predicted molar refractivity (Wildman–Crippen MR) is 70.7 cm³/mol. The molecule has 0 saturated heterocycles. The van der Waals surface area contributed by atoms with Crippen molar-refractivity contribution in [2.45, 2.75) is 57.6 Å². The number of aromatic amines is 1. The number of H-pyrrole nitrogens is 1. The van der Waals surface area contributed by atoms with E-state index in [0.29, 0.717) is 0 Å². The maximum absolute atomic E-state index is 12.3. The zero-order valence-electron chi connectivity index (χ0n) is 11.6. The van der Waals surface area contributed by atoms with Crippen LogP contribution in [0.25, 0.3) is 0 Å². The Balaban J connectivity index is 2.04. The monoisotopic (exact) mass is 266 g/mol. The standard InChI is InChI=1S/C13H22N4O2/c1-3-6-11-14-12(16-15-11)13(19)17(2)9-7-4-5-8-10(9)18/h9-10,18H,3-8H2,1-2H3,(H,14,15,16). The van der Waals surface area contributed by atoms with Crippen LogP contribution in [0.15, 0.2) is 0 Å². The molecule has 0 radical (unpaired) electrons. The van der Waals surface area contributed by atoms with E-state index < -0.39 is 6.10 Å². The fraction of sp³-hybridized carbons (Fsp3) is 0.769. The Bertz CT molecular complexity index is 432. The van der Waals surface area contributed by atoms with E-state index >= 15 is 0 Å². The number of carbonyl (C=O) groups excluding carboxylic acids is 1. The summed E-state index contributed by atoms with van der Waals surface area (Å²) in [6, 6.07) is -0.116. The van der Waals surface area contributed by atoms with Crippen molar-refractivity contribution in [3.8, 4) is 0 Å². The molecule has 2 atom stereocenters. The Morgan fingerprint density at radius 2 is 2.21 bits per heavy atom. The summed E-state index contributed by atoms with van der Waals surface area (Å²) in [4.78, 5) is 18.1. The number of aryl methyl sites for hydroxylation is 1. The van der Waals surface area contributed by atoms with Gasteiger partial charge in [-0.25, -0.2) is 4.98 Å². The summed E-state index contributed by atoms with van der Waals surface area (Å²) in [5.41, 5.74) is 0. The van der Waals surface area contributed by atoms with Gasteiger partial charge in [0.1, 0.15) is 5.82 Å². The number of amides is 1. The molecule has 0 spiro atoms. The second-order valence-corrected chi connectivity index (χ2v) is 5.19. The smallest absolute Gasteiger partial charge is 0.293 e. The summed E-state index contributed by atoms with van der Waals surface area (Å²) in [6.45, 7) is 2.05. The van der Waals surface area contributed by atoms with E-state index in [4.69, 9.17) is 0 Å². The van der Waals surface area contributed by atoms with Crippen molar-refractivity contribution in [3.05, 3.63) is 11.6 Å². The minimum atomic E-state index is -0.434. The molecule has 2 unspecified atom stereocenters. The van der Waals surface area contributed by atoms with Gasteiger partial charge in [0.2, 0.25) is 5.82 Å². The van der Waals surface area contributed by atoms with Crippen LogP contribution in [0.3, 0.4) is 0 Å². The molecule has 1 aromatic rings. The topological polar surface area (TPSA) is 82.1 Å². The molecule has 1 saturated carbocycles. The van der Waals surface area contributed by atoms with Crippen molar-refractivity contribution in [2.24, 2.45) is 0 Å². The number of hydrogen-bond acceptors (Lipinski definition) is 4. The van der Waals surface area contributed by atoms with E-state index in [1.165, 1.54) is 0 Å². The first-order valence-electron chi connectivity index (χ1n) is 7.00. The molecule has 0 bridgehead atoms. The molecule has 6 nitrogen and oxygen atoms in total. The van der Waals surface area contributed by atoms with Crippen molar-refractivity contribution in [1.82, 2.24) is 20.1 Å². The molecule has 1 aliphatic rings. The Hall–Kier alpha value is -1.43. The number of hydrogen-bond donors (Lipinski definition) is 2. The van der Waals surface area contributed by atoms with Crippen LogP contribution in [0, 0.1) is 0 Å². The highest BCUT2D eigenvalue weighted by Crippen LogP contribution is 2.23. The number of aliphatic hydroxyl groups excluding tert-OH is 1. The van der Waals surface area contributed by atoms with Gasteiger partial charge in [0, 0.05) is 13.5 Å². The third-order valence-electron chi connectivity index (χ3n) is 3.72. The van der Waals surface area contributed by atoms with Gasteiger partial charge in [-0.3, -0.25) is 9.89 Å². The van der Waals surface area contributed by atoms with Gasteiger partial charge in [-0.15, -0.1) is 5.10 Å². The highest BCUT2D eigenvalue weighted by molar-refractivity contribution is 5.90. The second kappa shape index (κ2) is 6.14. The van der Waals surface area contributed by atoms with Gasteiger partial charge in [-0.1, -0.05) is 19.8 Å². The van der Waals surface area contributed by atoms with Crippen molar-refractivity contribution >= 4 is 5.91 Å². The van der Waals surface area contributed by atoms with Crippen molar-refractivity contribution in [1.29, 1.82) is 0 Å². The molecule has 1 fully saturated rings. The van der Waals surface area contributed by atoms with Crippen molar-refractivity contribution < 1.29 is 9.90 Å². The quantitative estimate of drug-likeness (QED) is 0.856. The molecule has 6 heteroatoms. The Morgan fingerprint density at radius 1 is 1.47 bits per heavy atom. The van der Waals surface area contributed by atoms with Crippen LogP contribution >= 0.6 is 0 Å². The predicted octanol–water partition coefficient (Wildman–Crippen LogP) is 1.13. The van der Waals surface area contributed by atoms with Crippen molar-refractivity contribution in [3.63, 3.8) is 0 Å². The summed E-state index contributed by atoms with van der Waals surface area (Å²) in [6.07, 6.45) is 5.00. The van der Waals surface area contributed by atoms with E-state index in [0.717, 1.165) is 44.3 Å². The van der Waals surface area contributed by atoms with Gasteiger partial charge < -0.3 is 10.0 Å². The number of aliphatic hydroxyl groups is 1. The van der Waals surface area contributed by atoms with Gasteiger partial charge in [0.15, 0.2) is 0 Å². The molecule has 0 aliphatic heterocycles. The zero-order chi connectivity index (χ0) is 13.8. The number of nitrogens with zero attached hydrogens (tertiary/aromatic N) is 3. The summed E-state index contributed by atoms with van der Waals surface area (Å²) < 4.78 is 0. The molecule has 2 N–H and O–H groups in total. The number of likely N-dealkylation sites (N-methyl/N-ethyl adjacent to an activating group) is 1. The highest BCUT2D eigenvalue weighted by Gasteiger charge is 2.31. The Labute approximate surface area is 113 Å². The maximum atomic E-state index is 12.3. The Kier molecular flexibility index (Phi) is 4.52. The van der Waals surface area contributed by atoms with Crippen LogP contribution in [0.5, 0.6) is 0 Å². The fourth-order valence-electron chi connectivity index (χ4n) is 2.59. The normalized spacial score (nSPS) is 23.3. The maximum Gasteiger partial charge on any atom is 0.293 e. The Morgan fingerprint density at radius 3 is 2.89 bits per heavy atom. The SMILES string of the molecule is CCCc1nc(C(=O)N(C)C2CCCCC2O)n[nH]1. The van der Waals surface area contributed by atoms with Crippen LogP contribution in [0.2, 0.25) is 0 Å². The molecule has 1 aliphatic carbocycles. The largest absolute Gasteiger partial charge is 0.391 e. The summed E-state index contributed by atoms with van der Waals surface area (Å²) >= 11 is 0. The van der Waals surface area contributed by atoms with Crippen LogP contribution in [0.1, 0.15) is 55.5 Å². The molecule has 1 heterocycles. The van der Waals surface area contributed by atoms with E-state index in [1.807, 2.05) is 0 Å². The molecule has 1 aromatic heterocycles. The van der Waals surface area contributed by atoms with Gasteiger partial charge in [0.05, 0.1) is 12.1 Å². The lowest BCUT2D eigenvalue weighted by Gasteiger charge is -2.34. The van der Waals surface area contributed by atoms with E-state index in [1.54, 1.807) is 11.9 Å². The van der Waals surface area contributed by atoms with Crippen LogP contribution in [0.4, 0.5) is 0 Å². The number of rotatable bonds is 4.